The number of rotatable bonds is 9. The molecule has 1 amide bonds. The van der Waals surface area contributed by atoms with E-state index in [1.165, 1.54) is 16.4 Å². The lowest BCUT2D eigenvalue weighted by molar-refractivity contribution is -0.120. The lowest BCUT2D eigenvalue weighted by atomic mass is 9.93. The van der Waals surface area contributed by atoms with Gasteiger partial charge in [0.1, 0.15) is 12.3 Å². The van der Waals surface area contributed by atoms with E-state index >= 15 is 0 Å². The summed E-state index contributed by atoms with van der Waals surface area (Å²) in [6.45, 7) is 11.6. The summed E-state index contributed by atoms with van der Waals surface area (Å²) in [6, 6.07) is 17.3. The van der Waals surface area contributed by atoms with E-state index in [4.69, 9.17) is 4.74 Å². The molecule has 7 heteroatoms. The minimum atomic E-state index is -3.96. The van der Waals surface area contributed by atoms with Crippen molar-refractivity contribution >= 4 is 21.6 Å². The second-order valence-electron chi connectivity index (χ2n) is 9.49. The van der Waals surface area contributed by atoms with Crippen LogP contribution in [0.15, 0.2) is 65.6 Å². The van der Waals surface area contributed by atoms with Gasteiger partial charge in [-0.3, -0.25) is 9.10 Å². The molecule has 1 N–H and O–H groups in total. The number of methoxy groups -OCH3 is 1. The Balaban J connectivity index is 1.93. The average Bonchev–Trinajstić information content (AvgIpc) is 2.84. The number of carbonyl (C=O) groups excluding carboxylic acids is 1. The van der Waals surface area contributed by atoms with Crippen LogP contribution in [0.2, 0.25) is 0 Å². The number of hydrogen-bond acceptors (Lipinski definition) is 4. The Kier molecular flexibility index (Phi) is 8.46. The highest BCUT2D eigenvalue weighted by atomic mass is 32.2. The van der Waals surface area contributed by atoms with Gasteiger partial charge in [-0.15, -0.1) is 0 Å². The van der Waals surface area contributed by atoms with Crippen LogP contribution in [0.1, 0.15) is 60.5 Å². The molecule has 0 aliphatic rings. The van der Waals surface area contributed by atoms with Crippen LogP contribution in [-0.2, 0) is 14.8 Å². The lowest BCUT2D eigenvalue weighted by Gasteiger charge is -2.26. The summed E-state index contributed by atoms with van der Waals surface area (Å²) in [4.78, 5) is 13.4. The summed E-state index contributed by atoms with van der Waals surface area (Å²) in [5, 5.41) is 3.00. The molecule has 0 fully saturated rings. The van der Waals surface area contributed by atoms with Gasteiger partial charge < -0.3 is 10.1 Å². The molecule has 0 saturated carbocycles. The predicted molar refractivity (Wildman–Crippen MR) is 145 cm³/mol. The normalized spacial score (nSPS) is 12.3. The molecule has 0 spiro atoms. The number of anilines is 1. The summed E-state index contributed by atoms with van der Waals surface area (Å²) < 4.78 is 33.9. The van der Waals surface area contributed by atoms with Gasteiger partial charge in [0.2, 0.25) is 5.91 Å². The van der Waals surface area contributed by atoms with Crippen LogP contribution >= 0.6 is 0 Å². The lowest BCUT2D eigenvalue weighted by Crippen LogP contribution is -2.41. The molecule has 3 rings (SSSR count). The van der Waals surface area contributed by atoms with Gasteiger partial charge in [0.25, 0.3) is 10.0 Å². The van der Waals surface area contributed by atoms with Crippen molar-refractivity contribution in [2.24, 2.45) is 0 Å². The predicted octanol–water partition coefficient (Wildman–Crippen LogP) is 5.82. The topological polar surface area (TPSA) is 75.7 Å². The first-order chi connectivity index (χ1) is 16.9. The van der Waals surface area contributed by atoms with E-state index in [1.807, 2.05) is 39.8 Å². The van der Waals surface area contributed by atoms with Crippen molar-refractivity contribution < 1.29 is 17.9 Å². The Labute approximate surface area is 215 Å². The van der Waals surface area contributed by atoms with Crippen molar-refractivity contribution in [1.82, 2.24) is 5.32 Å². The molecular formula is C29H36N2O4S. The Morgan fingerprint density at radius 3 is 2.14 bits per heavy atom. The third kappa shape index (κ3) is 5.90. The Morgan fingerprint density at radius 2 is 1.56 bits per heavy atom. The number of amides is 1. The Hall–Kier alpha value is -3.32. The van der Waals surface area contributed by atoms with Crippen LogP contribution < -0.4 is 14.4 Å². The number of ether oxygens (including phenoxy) is 1. The van der Waals surface area contributed by atoms with Gasteiger partial charge in [0, 0.05) is 0 Å². The molecule has 3 aromatic rings. The molecule has 0 unspecified atom stereocenters. The van der Waals surface area contributed by atoms with E-state index < -0.39 is 10.0 Å². The highest BCUT2D eigenvalue weighted by Crippen LogP contribution is 2.32. The minimum absolute atomic E-state index is 0.136. The van der Waals surface area contributed by atoms with Crippen LogP contribution in [-0.4, -0.2) is 28.0 Å². The average molecular weight is 509 g/mol. The largest absolute Gasteiger partial charge is 0.496 e. The van der Waals surface area contributed by atoms with Crippen molar-refractivity contribution in [2.75, 3.05) is 18.0 Å². The molecule has 0 heterocycles. The molecule has 6 nitrogen and oxygen atoms in total. The first-order valence-corrected chi connectivity index (χ1v) is 13.5. The minimum Gasteiger partial charge on any atom is -0.496 e. The number of aryl methyl sites for hydroxylation is 3. The zero-order chi connectivity index (χ0) is 26.6. The molecule has 0 aliphatic heterocycles. The van der Waals surface area contributed by atoms with E-state index in [9.17, 15) is 13.2 Å². The van der Waals surface area contributed by atoms with Gasteiger partial charge in [-0.05, 0) is 97.8 Å². The molecular weight excluding hydrogens is 472 g/mol. The molecule has 36 heavy (non-hydrogen) atoms. The molecule has 0 saturated heterocycles. The summed E-state index contributed by atoms with van der Waals surface area (Å²) >= 11 is 0. The number of benzene rings is 3. The van der Waals surface area contributed by atoms with E-state index in [0.29, 0.717) is 5.69 Å². The van der Waals surface area contributed by atoms with Crippen molar-refractivity contribution in [1.29, 1.82) is 0 Å². The maximum atomic E-state index is 13.6. The molecule has 192 valence electrons. The molecule has 0 radical (unpaired) electrons. The van der Waals surface area contributed by atoms with E-state index in [2.05, 4.69) is 25.2 Å². The van der Waals surface area contributed by atoms with Crippen LogP contribution in [0.3, 0.4) is 0 Å². The van der Waals surface area contributed by atoms with Crippen LogP contribution in [0, 0.1) is 20.8 Å². The van der Waals surface area contributed by atoms with Gasteiger partial charge in [0.15, 0.2) is 0 Å². The number of hydrogen-bond donors (Lipinski definition) is 1. The quantitative estimate of drug-likeness (QED) is 0.395. The number of sulfonamides is 1. The van der Waals surface area contributed by atoms with Crippen molar-refractivity contribution in [3.05, 3.63) is 88.5 Å². The van der Waals surface area contributed by atoms with Crippen molar-refractivity contribution in [2.45, 2.75) is 58.4 Å². The SMILES string of the molecule is COc1cc(C)c([C@@H](C)NC(=O)CN(c2ccc(C)c(C)c2)S(=O)(=O)c2ccccc2)cc1C(C)C. The molecule has 0 aromatic heterocycles. The molecule has 3 aromatic carbocycles. The number of nitrogens with one attached hydrogen (secondary N) is 1. The van der Waals surface area contributed by atoms with E-state index in [-0.39, 0.29) is 29.3 Å². The fraction of sp³-hybridized carbons (Fsp3) is 0.345. The summed E-state index contributed by atoms with van der Waals surface area (Å²) in [6.07, 6.45) is 0. The standard InChI is InChI=1S/C29H36N2O4S/c1-19(2)26-17-27(22(5)16-28(26)35-7)23(6)30-29(32)18-31(24-14-13-20(3)21(4)15-24)36(33,34)25-11-9-8-10-12-25/h8-17,19,23H,18H2,1-7H3,(H,30,32)/t23-/m1/s1. The monoisotopic (exact) mass is 508 g/mol. The third-order valence-electron chi connectivity index (χ3n) is 6.48. The zero-order valence-corrected chi connectivity index (χ0v) is 22.9. The van der Waals surface area contributed by atoms with Gasteiger partial charge in [-0.25, -0.2) is 8.42 Å². The summed E-state index contributed by atoms with van der Waals surface area (Å²) in [5.74, 6) is 0.680. The fourth-order valence-electron chi connectivity index (χ4n) is 4.22. The fourth-order valence-corrected chi connectivity index (χ4v) is 5.65. The summed E-state index contributed by atoms with van der Waals surface area (Å²) in [5.41, 5.74) is 5.47. The number of nitrogens with zero attached hydrogens (tertiary/aromatic N) is 1. The second-order valence-corrected chi connectivity index (χ2v) is 11.4. The van der Waals surface area contributed by atoms with E-state index in [0.717, 1.165) is 33.6 Å². The smallest absolute Gasteiger partial charge is 0.264 e. The first-order valence-electron chi connectivity index (χ1n) is 12.1. The Morgan fingerprint density at radius 1 is 0.889 bits per heavy atom. The van der Waals surface area contributed by atoms with Gasteiger partial charge in [-0.2, -0.15) is 0 Å². The number of carbonyl (C=O) groups is 1. The third-order valence-corrected chi connectivity index (χ3v) is 8.27. The molecule has 1 atom stereocenters. The van der Waals surface area contributed by atoms with Gasteiger partial charge in [0.05, 0.1) is 23.7 Å². The molecule has 0 aliphatic carbocycles. The maximum absolute atomic E-state index is 13.6. The van der Waals surface area contributed by atoms with Crippen LogP contribution in [0.5, 0.6) is 5.75 Å². The highest BCUT2D eigenvalue weighted by Gasteiger charge is 2.28. The van der Waals surface area contributed by atoms with Gasteiger partial charge in [-0.1, -0.05) is 38.1 Å². The van der Waals surface area contributed by atoms with Crippen molar-refractivity contribution in [3.63, 3.8) is 0 Å². The van der Waals surface area contributed by atoms with E-state index in [1.54, 1.807) is 37.4 Å². The maximum Gasteiger partial charge on any atom is 0.264 e. The second kappa shape index (κ2) is 11.2. The molecule has 0 bridgehead atoms. The van der Waals surface area contributed by atoms with Crippen LogP contribution in [0.25, 0.3) is 0 Å². The Bertz CT molecular complexity index is 1330. The van der Waals surface area contributed by atoms with Crippen LogP contribution in [0.4, 0.5) is 5.69 Å². The summed E-state index contributed by atoms with van der Waals surface area (Å²) in [7, 11) is -2.31. The first kappa shape index (κ1) is 27.3. The van der Waals surface area contributed by atoms with Gasteiger partial charge >= 0.3 is 0 Å². The highest BCUT2D eigenvalue weighted by molar-refractivity contribution is 7.92. The zero-order valence-electron chi connectivity index (χ0n) is 22.1. The van der Waals surface area contributed by atoms with Crippen molar-refractivity contribution in [3.8, 4) is 5.75 Å².